The minimum absolute atomic E-state index is 0.445. The molecule has 0 radical (unpaired) electrons. The molecule has 0 saturated heterocycles. The first-order valence-electron chi connectivity index (χ1n) is 11.1. The maximum atomic E-state index is 3.46. The van der Waals surface area contributed by atoms with Gasteiger partial charge in [-0.25, -0.2) is 0 Å². The highest BCUT2D eigenvalue weighted by atomic mass is 15.1. The largest absolute Gasteiger partial charge is 0.383 e. The topological polar surface area (TPSA) is 15.3 Å². The van der Waals surface area contributed by atoms with Crippen molar-refractivity contribution in [3.8, 4) is 0 Å². The molecule has 28 heavy (non-hydrogen) atoms. The van der Waals surface area contributed by atoms with Gasteiger partial charge in [0.05, 0.1) is 0 Å². The Balaban J connectivity index is 1.53. The maximum absolute atomic E-state index is 3.46. The first kappa shape index (κ1) is 19.4. The van der Waals surface area contributed by atoms with Gasteiger partial charge in [-0.15, -0.1) is 0 Å². The molecule has 2 unspecified atom stereocenters. The molecule has 1 N–H and O–H groups in total. The van der Waals surface area contributed by atoms with Crippen LogP contribution in [0, 0.1) is 17.8 Å². The summed E-state index contributed by atoms with van der Waals surface area (Å²) in [6.45, 7) is 9.24. The number of hydrogen-bond acceptors (Lipinski definition) is 2. The van der Waals surface area contributed by atoms with E-state index in [0.717, 1.165) is 17.8 Å². The van der Waals surface area contributed by atoms with E-state index in [1.165, 1.54) is 42.7 Å². The fourth-order valence-electron chi connectivity index (χ4n) is 6.10. The zero-order chi connectivity index (χ0) is 19.9. The summed E-state index contributed by atoms with van der Waals surface area (Å²) in [4.78, 5) is 2.28. The van der Waals surface area contributed by atoms with Gasteiger partial charge in [0.15, 0.2) is 0 Å². The molecule has 150 valence electrons. The maximum Gasteiger partial charge on any atom is 0.0409 e. The molecule has 2 nitrogen and oxygen atoms in total. The van der Waals surface area contributed by atoms with Crippen LogP contribution in [0.25, 0.3) is 0 Å². The lowest BCUT2D eigenvalue weighted by molar-refractivity contribution is 0.364. The fourth-order valence-corrected chi connectivity index (χ4v) is 6.10. The van der Waals surface area contributed by atoms with E-state index in [4.69, 9.17) is 0 Å². The third kappa shape index (κ3) is 3.54. The van der Waals surface area contributed by atoms with Gasteiger partial charge >= 0.3 is 0 Å². The Morgan fingerprint density at radius 3 is 1.86 bits per heavy atom. The number of nitrogens with one attached hydrogen (secondary N) is 1. The fraction of sp³-hybridized carbons (Fsp3) is 0.538. The lowest BCUT2D eigenvalue weighted by atomic mass is 9.73. The standard InChI is InChI=1S/C26H36N2/c1-18(2)27-23-8-12-25(13-9-23)28(5)24-10-6-21(7-11-24)26-16-19(3)14-22(26)15-20(4)17-26/h6-13,18-20,22,27H,14-17H2,1-5H3. The number of fused-ring (bicyclic) bond motifs is 1. The van der Waals surface area contributed by atoms with Crippen LogP contribution >= 0.6 is 0 Å². The Bertz CT molecular complexity index is 776. The van der Waals surface area contributed by atoms with Gasteiger partial charge < -0.3 is 10.2 Å². The molecule has 2 aliphatic rings. The van der Waals surface area contributed by atoms with Gasteiger partial charge in [0.2, 0.25) is 0 Å². The molecular weight excluding hydrogens is 340 g/mol. The molecule has 2 fully saturated rings. The Kier molecular flexibility index (Phi) is 5.16. The molecule has 0 aromatic heterocycles. The summed E-state index contributed by atoms with van der Waals surface area (Å²) >= 11 is 0. The second-order valence-corrected chi connectivity index (χ2v) is 9.89. The van der Waals surface area contributed by atoms with Crippen molar-refractivity contribution in [3.63, 3.8) is 0 Å². The summed E-state index contributed by atoms with van der Waals surface area (Å²) in [7, 11) is 2.16. The highest BCUT2D eigenvalue weighted by Crippen LogP contribution is 2.59. The normalized spacial score (nSPS) is 29.1. The van der Waals surface area contributed by atoms with Crippen molar-refractivity contribution in [1.29, 1.82) is 0 Å². The Hall–Kier alpha value is -1.96. The average Bonchev–Trinajstić information content (AvgIpc) is 3.13. The Morgan fingerprint density at radius 1 is 0.857 bits per heavy atom. The van der Waals surface area contributed by atoms with Crippen molar-refractivity contribution in [3.05, 3.63) is 54.1 Å². The summed E-state index contributed by atoms with van der Waals surface area (Å²) in [5.74, 6) is 2.64. The number of hydrogen-bond donors (Lipinski definition) is 1. The minimum Gasteiger partial charge on any atom is -0.383 e. The van der Waals surface area contributed by atoms with Gasteiger partial charge in [0.25, 0.3) is 0 Å². The van der Waals surface area contributed by atoms with Crippen LogP contribution in [0.1, 0.15) is 58.9 Å². The number of anilines is 3. The van der Waals surface area contributed by atoms with Crippen LogP contribution in [0.3, 0.4) is 0 Å². The summed E-state index contributed by atoms with van der Waals surface area (Å²) in [5, 5.41) is 3.46. The van der Waals surface area contributed by atoms with E-state index in [0.29, 0.717) is 11.5 Å². The van der Waals surface area contributed by atoms with Gasteiger partial charge in [0.1, 0.15) is 0 Å². The first-order chi connectivity index (χ1) is 13.4. The van der Waals surface area contributed by atoms with Crippen molar-refractivity contribution in [2.75, 3.05) is 17.3 Å². The molecule has 2 atom stereocenters. The minimum atomic E-state index is 0.445. The van der Waals surface area contributed by atoms with Gasteiger partial charge in [-0.3, -0.25) is 0 Å². The lowest BCUT2D eigenvalue weighted by Crippen LogP contribution is -2.25. The number of rotatable bonds is 5. The summed E-state index contributed by atoms with van der Waals surface area (Å²) in [6, 6.07) is 18.7. The first-order valence-corrected chi connectivity index (χ1v) is 11.1. The molecule has 2 aromatic carbocycles. The Labute approximate surface area is 171 Å². The Morgan fingerprint density at radius 2 is 1.36 bits per heavy atom. The van der Waals surface area contributed by atoms with E-state index in [9.17, 15) is 0 Å². The van der Waals surface area contributed by atoms with E-state index in [-0.39, 0.29) is 0 Å². The van der Waals surface area contributed by atoms with Crippen LogP contribution < -0.4 is 10.2 Å². The van der Waals surface area contributed by atoms with E-state index in [1.54, 1.807) is 5.56 Å². The molecule has 2 saturated carbocycles. The quantitative estimate of drug-likeness (QED) is 0.605. The zero-order valence-corrected chi connectivity index (χ0v) is 18.2. The molecule has 0 amide bonds. The van der Waals surface area contributed by atoms with E-state index >= 15 is 0 Å². The summed E-state index contributed by atoms with van der Waals surface area (Å²) in [5.41, 5.74) is 5.69. The number of benzene rings is 2. The smallest absolute Gasteiger partial charge is 0.0409 e. The van der Waals surface area contributed by atoms with Gasteiger partial charge in [0, 0.05) is 30.2 Å². The highest BCUT2D eigenvalue weighted by molar-refractivity contribution is 5.65. The third-order valence-electron chi connectivity index (χ3n) is 7.12. The predicted octanol–water partition coefficient (Wildman–Crippen LogP) is 6.99. The van der Waals surface area contributed by atoms with Crippen LogP contribution in [0.15, 0.2) is 48.5 Å². The summed E-state index contributed by atoms with van der Waals surface area (Å²) in [6.07, 6.45) is 5.59. The van der Waals surface area contributed by atoms with E-state index < -0.39 is 0 Å². The third-order valence-corrected chi connectivity index (χ3v) is 7.12. The van der Waals surface area contributed by atoms with Gasteiger partial charge in [-0.2, -0.15) is 0 Å². The molecule has 2 aromatic rings. The molecule has 0 aliphatic heterocycles. The van der Waals surface area contributed by atoms with E-state index in [2.05, 4.69) is 93.5 Å². The molecular formula is C26H36N2. The molecule has 2 heteroatoms. The van der Waals surface area contributed by atoms with Crippen LogP contribution in [0.2, 0.25) is 0 Å². The van der Waals surface area contributed by atoms with E-state index in [1.807, 2.05) is 0 Å². The summed E-state index contributed by atoms with van der Waals surface area (Å²) < 4.78 is 0. The molecule has 4 rings (SSSR count). The number of nitrogens with zero attached hydrogens (tertiary/aromatic N) is 1. The van der Waals surface area contributed by atoms with Crippen molar-refractivity contribution in [1.82, 2.24) is 0 Å². The second kappa shape index (κ2) is 7.46. The monoisotopic (exact) mass is 376 g/mol. The van der Waals surface area contributed by atoms with Crippen LogP contribution in [-0.4, -0.2) is 13.1 Å². The van der Waals surface area contributed by atoms with Gasteiger partial charge in [-0.1, -0.05) is 26.0 Å². The lowest BCUT2D eigenvalue weighted by Gasteiger charge is -2.31. The van der Waals surface area contributed by atoms with Crippen LogP contribution in [0.5, 0.6) is 0 Å². The SMILES string of the molecule is CC1CC2CC(C)CC2(c2ccc(N(C)c3ccc(NC(C)C)cc3)cc2)C1. The van der Waals surface area contributed by atoms with Crippen molar-refractivity contribution in [2.24, 2.45) is 17.8 Å². The van der Waals surface area contributed by atoms with Gasteiger partial charge in [-0.05, 0) is 105 Å². The van der Waals surface area contributed by atoms with Crippen molar-refractivity contribution in [2.45, 2.75) is 64.8 Å². The van der Waals surface area contributed by atoms with Crippen LogP contribution in [0.4, 0.5) is 17.1 Å². The highest BCUT2D eigenvalue weighted by Gasteiger charge is 2.51. The zero-order valence-electron chi connectivity index (χ0n) is 18.2. The predicted molar refractivity (Wildman–Crippen MR) is 122 cm³/mol. The molecule has 2 aliphatic carbocycles. The second-order valence-electron chi connectivity index (χ2n) is 9.89. The van der Waals surface area contributed by atoms with Crippen molar-refractivity contribution >= 4 is 17.1 Å². The van der Waals surface area contributed by atoms with Crippen molar-refractivity contribution < 1.29 is 0 Å². The van der Waals surface area contributed by atoms with Crippen LogP contribution in [-0.2, 0) is 5.41 Å². The molecule has 0 spiro atoms. The molecule has 0 bridgehead atoms. The average molecular weight is 377 g/mol. The molecule has 0 heterocycles.